The van der Waals surface area contributed by atoms with E-state index in [-0.39, 0.29) is 12.4 Å². The molecule has 0 aliphatic rings. The van der Waals surface area contributed by atoms with Gasteiger partial charge in [0, 0.05) is 0 Å². The molecule has 84 valence electrons. The fourth-order valence-electron chi connectivity index (χ4n) is 1.65. The average molecular weight is 217 g/mol. The van der Waals surface area contributed by atoms with Crippen molar-refractivity contribution in [1.82, 2.24) is 0 Å². The highest BCUT2D eigenvalue weighted by Gasteiger charge is 2.11. The van der Waals surface area contributed by atoms with E-state index in [1.54, 1.807) is 0 Å². The Hall–Kier alpha value is -1.82. The molecular formula is C13H15NO2. The predicted molar refractivity (Wildman–Crippen MR) is 61.0 cm³/mol. The molecule has 0 aliphatic carbocycles. The molecule has 16 heavy (non-hydrogen) atoms. The molecule has 0 aromatic heterocycles. The molecular weight excluding hydrogens is 202 g/mol. The molecule has 0 unspecified atom stereocenters. The molecule has 0 radical (unpaired) electrons. The molecule has 0 spiro atoms. The van der Waals surface area contributed by atoms with Gasteiger partial charge >= 0.3 is 5.97 Å². The van der Waals surface area contributed by atoms with Gasteiger partial charge < -0.3 is 4.74 Å². The van der Waals surface area contributed by atoms with Crippen molar-refractivity contribution >= 4 is 5.97 Å². The van der Waals surface area contributed by atoms with Crippen LogP contribution in [0.15, 0.2) is 12.1 Å². The number of ether oxygens (including phenoxy) is 1. The van der Waals surface area contributed by atoms with Crippen LogP contribution >= 0.6 is 0 Å². The van der Waals surface area contributed by atoms with Gasteiger partial charge in [-0.3, -0.25) is 4.79 Å². The van der Waals surface area contributed by atoms with Crippen molar-refractivity contribution < 1.29 is 9.53 Å². The highest BCUT2D eigenvalue weighted by molar-refractivity contribution is 5.74. The summed E-state index contributed by atoms with van der Waals surface area (Å²) < 4.78 is 4.62. The van der Waals surface area contributed by atoms with Crippen LogP contribution in [0.25, 0.3) is 0 Å². The summed E-state index contributed by atoms with van der Waals surface area (Å²) in [6, 6.07) is 5.98. The monoisotopic (exact) mass is 217 g/mol. The summed E-state index contributed by atoms with van der Waals surface area (Å²) in [4.78, 5) is 11.2. The van der Waals surface area contributed by atoms with E-state index in [1.807, 2.05) is 26.0 Å². The summed E-state index contributed by atoms with van der Waals surface area (Å²) in [6.45, 7) is 3.95. The van der Waals surface area contributed by atoms with Crippen LogP contribution in [0.5, 0.6) is 0 Å². The van der Waals surface area contributed by atoms with Gasteiger partial charge in [0.2, 0.25) is 0 Å². The highest BCUT2D eigenvalue weighted by Crippen LogP contribution is 2.18. The molecule has 0 amide bonds. The standard InChI is InChI=1S/C13H15NO2/c1-4-10-5-9(2)12(7-13(15)16-3)11(6-10)8-14/h5-6H,4,7H2,1-3H3. The van der Waals surface area contributed by atoms with E-state index in [0.29, 0.717) is 5.56 Å². The molecule has 0 saturated carbocycles. The van der Waals surface area contributed by atoms with Crippen molar-refractivity contribution in [3.8, 4) is 6.07 Å². The van der Waals surface area contributed by atoms with E-state index in [9.17, 15) is 4.79 Å². The molecule has 1 aromatic carbocycles. The van der Waals surface area contributed by atoms with E-state index >= 15 is 0 Å². The molecule has 0 saturated heterocycles. The summed E-state index contributed by atoms with van der Waals surface area (Å²) in [7, 11) is 1.35. The normalized spacial score (nSPS) is 9.62. The zero-order valence-electron chi connectivity index (χ0n) is 9.83. The van der Waals surface area contributed by atoms with Gasteiger partial charge in [-0.15, -0.1) is 0 Å². The molecule has 3 nitrogen and oxygen atoms in total. The average Bonchev–Trinajstić information content (AvgIpc) is 2.30. The van der Waals surface area contributed by atoms with Crippen molar-refractivity contribution in [3.05, 3.63) is 34.4 Å². The molecule has 0 N–H and O–H groups in total. The SMILES string of the molecule is CCc1cc(C)c(CC(=O)OC)c(C#N)c1. The van der Waals surface area contributed by atoms with Crippen LogP contribution < -0.4 is 0 Å². The van der Waals surface area contributed by atoms with Crippen LogP contribution in [0, 0.1) is 18.3 Å². The Morgan fingerprint density at radius 1 is 1.50 bits per heavy atom. The molecule has 0 aliphatic heterocycles. The first-order valence-corrected chi connectivity index (χ1v) is 5.21. The lowest BCUT2D eigenvalue weighted by atomic mass is 9.96. The Labute approximate surface area is 95.7 Å². The highest BCUT2D eigenvalue weighted by atomic mass is 16.5. The number of carbonyl (C=O) groups excluding carboxylic acids is 1. The first-order valence-electron chi connectivity index (χ1n) is 5.21. The largest absolute Gasteiger partial charge is 0.469 e. The smallest absolute Gasteiger partial charge is 0.310 e. The number of benzene rings is 1. The summed E-state index contributed by atoms with van der Waals surface area (Å²) in [5.74, 6) is -0.316. The molecule has 1 rings (SSSR count). The third-order valence-corrected chi connectivity index (χ3v) is 2.61. The number of methoxy groups -OCH3 is 1. The minimum absolute atomic E-state index is 0.162. The van der Waals surface area contributed by atoms with Crippen molar-refractivity contribution in [2.75, 3.05) is 7.11 Å². The van der Waals surface area contributed by atoms with Crippen molar-refractivity contribution in [2.45, 2.75) is 26.7 Å². The fourth-order valence-corrected chi connectivity index (χ4v) is 1.65. The Bertz CT molecular complexity index is 444. The van der Waals surface area contributed by atoms with Crippen LogP contribution in [0.2, 0.25) is 0 Å². The van der Waals surface area contributed by atoms with Gasteiger partial charge in [0.15, 0.2) is 0 Å². The fraction of sp³-hybridized carbons (Fsp3) is 0.385. The Morgan fingerprint density at radius 3 is 2.69 bits per heavy atom. The number of aryl methyl sites for hydroxylation is 2. The summed E-state index contributed by atoms with van der Waals surface area (Å²) in [5.41, 5.74) is 3.43. The number of carbonyl (C=O) groups is 1. The summed E-state index contributed by atoms with van der Waals surface area (Å²) in [6.07, 6.45) is 1.04. The third kappa shape index (κ3) is 2.60. The number of esters is 1. The van der Waals surface area contributed by atoms with Crippen molar-refractivity contribution in [3.63, 3.8) is 0 Å². The molecule has 0 fully saturated rings. The number of nitrogens with zero attached hydrogens (tertiary/aromatic N) is 1. The van der Waals surface area contributed by atoms with Crippen LogP contribution in [0.3, 0.4) is 0 Å². The van der Waals surface area contributed by atoms with Gasteiger partial charge in [0.05, 0.1) is 25.2 Å². The maximum absolute atomic E-state index is 11.2. The van der Waals surface area contributed by atoms with Gasteiger partial charge in [-0.2, -0.15) is 5.26 Å². The third-order valence-electron chi connectivity index (χ3n) is 2.61. The molecule has 0 bridgehead atoms. The molecule has 0 atom stereocenters. The zero-order chi connectivity index (χ0) is 12.1. The summed E-state index contributed by atoms with van der Waals surface area (Å²) >= 11 is 0. The minimum Gasteiger partial charge on any atom is -0.469 e. The predicted octanol–water partition coefficient (Wildman–Crippen LogP) is 2.14. The first kappa shape index (κ1) is 12.3. The summed E-state index contributed by atoms with van der Waals surface area (Å²) in [5, 5.41) is 9.05. The quantitative estimate of drug-likeness (QED) is 0.729. The van der Waals surface area contributed by atoms with Gasteiger partial charge in [-0.25, -0.2) is 0 Å². The van der Waals surface area contributed by atoms with Crippen LogP contribution in [-0.2, 0) is 22.4 Å². The van der Waals surface area contributed by atoms with Crippen LogP contribution in [0.4, 0.5) is 0 Å². The minimum atomic E-state index is -0.316. The Kier molecular flexibility index (Phi) is 4.07. The number of nitriles is 1. The first-order chi connectivity index (χ1) is 7.62. The second-order valence-electron chi connectivity index (χ2n) is 3.66. The van der Waals surface area contributed by atoms with E-state index < -0.39 is 0 Å². The topological polar surface area (TPSA) is 50.1 Å². The maximum atomic E-state index is 11.2. The second-order valence-corrected chi connectivity index (χ2v) is 3.66. The van der Waals surface area contributed by atoms with Crippen LogP contribution in [-0.4, -0.2) is 13.1 Å². The van der Waals surface area contributed by atoms with E-state index in [1.165, 1.54) is 7.11 Å². The van der Waals surface area contributed by atoms with E-state index in [0.717, 1.165) is 23.1 Å². The van der Waals surface area contributed by atoms with E-state index in [2.05, 4.69) is 10.8 Å². The number of hydrogen-bond donors (Lipinski definition) is 0. The molecule has 0 heterocycles. The van der Waals surface area contributed by atoms with Crippen LogP contribution in [0.1, 0.15) is 29.2 Å². The van der Waals surface area contributed by atoms with Crippen molar-refractivity contribution in [2.24, 2.45) is 0 Å². The number of hydrogen-bond acceptors (Lipinski definition) is 3. The lowest BCUT2D eigenvalue weighted by Crippen LogP contribution is -2.08. The number of rotatable bonds is 3. The van der Waals surface area contributed by atoms with Gasteiger partial charge in [-0.05, 0) is 36.1 Å². The zero-order valence-corrected chi connectivity index (χ0v) is 9.83. The van der Waals surface area contributed by atoms with Gasteiger partial charge in [-0.1, -0.05) is 13.0 Å². The van der Waals surface area contributed by atoms with Gasteiger partial charge in [0.25, 0.3) is 0 Å². The molecule has 3 heteroatoms. The Balaban J connectivity index is 3.18. The van der Waals surface area contributed by atoms with Crippen molar-refractivity contribution in [1.29, 1.82) is 5.26 Å². The van der Waals surface area contributed by atoms with E-state index in [4.69, 9.17) is 5.26 Å². The maximum Gasteiger partial charge on any atom is 0.310 e. The van der Waals surface area contributed by atoms with Gasteiger partial charge in [0.1, 0.15) is 0 Å². The molecule has 1 aromatic rings. The second kappa shape index (κ2) is 5.32. The Morgan fingerprint density at radius 2 is 2.19 bits per heavy atom. The lowest BCUT2D eigenvalue weighted by Gasteiger charge is -2.09. The lowest BCUT2D eigenvalue weighted by molar-refractivity contribution is -0.139.